The molecule has 1 rings (SSSR count). The standard InChI is InChI=1S/C28H46N2O4/c1-6-7-8-9-10-11-12-16-25(31)29-24(27(33)34)15-13-14-21-30(5)26(32)22-17-19-23(20-18-22)28(2,3)4/h17-20,24H,6-16,21H2,1-5H3,(H,29,31)(H,33,34). The number of carbonyl (C=O) groups excluding carboxylic acids is 2. The van der Waals surface area contributed by atoms with Crippen LogP contribution in [0.25, 0.3) is 0 Å². The van der Waals surface area contributed by atoms with E-state index in [1.54, 1.807) is 11.9 Å². The lowest BCUT2D eigenvalue weighted by Crippen LogP contribution is -2.40. The molecule has 1 atom stereocenters. The van der Waals surface area contributed by atoms with Crippen LogP contribution in [0.5, 0.6) is 0 Å². The van der Waals surface area contributed by atoms with E-state index in [-0.39, 0.29) is 17.2 Å². The number of rotatable bonds is 16. The van der Waals surface area contributed by atoms with Gasteiger partial charge in [-0.15, -0.1) is 0 Å². The third kappa shape index (κ3) is 11.7. The van der Waals surface area contributed by atoms with E-state index in [2.05, 4.69) is 33.0 Å². The fourth-order valence-electron chi connectivity index (χ4n) is 3.90. The zero-order valence-corrected chi connectivity index (χ0v) is 22.0. The number of unbranched alkanes of at least 4 members (excludes halogenated alkanes) is 7. The normalized spacial score (nSPS) is 12.3. The Morgan fingerprint density at radius 3 is 2.06 bits per heavy atom. The van der Waals surface area contributed by atoms with Gasteiger partial charge in [0, 0.05) is 25.6 Å². The summed E-state index contributed by atoms with van der Waals surface area (Å²) in [6.45, 7) is 9.14. The quantitative estimate of drug-likeness (QED) is 0.290. The maximum atomic E-state index is 12.7. The molecule has 0 aliphatic carbocycles. The Labute approximate surface area is 206 Å². The van der Waals surface area contributed by atoms with Crippen molar-refractivity contribution in [2.24, 2.45) is 0 Å². The molecule has 1 aromatic rings. The Kier molecular flexibility index (Phi) is 13.5. The molecule has 0 aliphatic heterocycles. The molecule has 0 spiro atoms. The Bertz CT molecular complexity index is 753. The van der Waals surface area contributed by atoms with E-state index < -0.39 is 12.0 Å². The van der Waals surface area contributed by atoms with Crippen molar-refractivity contribution in [2.45, 2.75) is 110 Å². The van der Waals surface area contributed by atoms with Crippen LogP contribution in [0.15, 0.2) is 24.3 Å². The molecule has 1 aromatic carbocycles. The van der Waals surface area contributed by atoms with Crippen molar-refractivity contribution in [3.05, 3.63) is 35.4 Å². The average Bonchev–Trinajstić information content (AvgIpc) is 2.79. The molecular weight excluding hydrogens is 428 g/mol. The highest BCUT2D eigenvalue weighted by molar-refractivity contribution is 5.94. The van der Waals surface area contributed by atoms with E-state index in [0.717, 1.165) is 19.3 Å². The van der Waals surface area contributed by atoms with Gasteiger partial charge in [0.25, 0.3) is 5.91 Å². The number of carboxylic acid groups (broad SMARTS) is 1. The van der Waals surface area contributed by atoms with Crippen LogP contribution in [0.1, 0.15) is 114 Å². The molecule has 34 heavy (non-hydrogen) atoms. The van der Waals surface area contributed by atoms with E-state index in [9.17, 15) is 19.5 Å². The molecule has 1 unspecified atom stereocenters. The van der Waals surface area contributed by atoms with Crippen molar-refractivity contribution in [3.63, 3.8) is 0 Å². The largest absolute Gasteiger partial charge is 0.480 e. The van der Waals surface area contributed by atoms with Gasteiger partial charge >= 0.3 is 5.97 Å². The van der Waals surface area contributed by atoms with Crippen molar-refractivity contribution >= 4 is 17.8 Å². The fourth-order valence-corrected chi connectivity index (χ4v) is 3.90. The number of hydrogen-bond acceptors (Lipinski definition) is 3. The molecule has 2 N–H and O–H groups in total. The van der Waals surface area contributed by atoms with E-state index in [0.29, 0.717) is 37.8 Å². The first kappa shape index (κ1) is 29.7. The summed E-state index contributed by atoms with van der Waals surface area (Å²) in [5.74, 6) is -1.23. The number of nitrogens with zero attached hydrogens (tertiary/aromatic N) is 1. The molecule has 0 fully saturated rings. The van der Waals surface area contributed by atoms with Gasteiger partial charge in [-0.25, -0.2) is 4.79 Å². The number of carboxylic acids is 1. The van der Waals surface area contributed by atoms with Crippen LogP contribution in [0.2, 0.25) is 0 Å². The van der Waals surface area contributed by atoms with Crippen LogP contribution in [0.3, 0.4) is 0 Å². The second kappa shape index (κ2) is 15.5. The molecule has 0 aliphatic rings. The molecular formula is C28H46N2O4. The van der Waals surface area contributed by atoms with E-state index >= 15 is 0 Å². The van der Waals surface area contributed by atoms with E-state index in [4.69, 9.17) is 0 Å². The Hall–Kier alpha value is -2.37. The molecule has 2 amide bonds. The summed E-state index contributed by atoms with van der Waals surface area (Å²) >= 11 is 0. The minimum absolute atomic E-state index is 0.0395. The first-order valence-electron chi connectivity index (χ1n) is 12.9. The third-order valence-electron chi connectivity index (χ3n) is 6.22. The van der Waals surface area contributed by atoms with Gasteiger partial charge in [-0.05, 0) is 48.8 Å². The minimum Gasteiger partial charge on any atom is -0.480 e. The van der Waals surface area contributed by atoms with Crippen LogP contribution in [0.4, 0.5) is 0 Å². The highest BCUT2D eigenvalue weighted by atomic mass is 16.4. The first-order chi connectivity index (χ1) is 16.1. The van der Waals surface area contributed by atoms with Crippen LogP contribution in [-0.4, -0.2) is 47.4 Å². The summed E-state index contributed by atoms with van der Waals surface area (Å²) < 4.78 is 0. The van der Waals surface area contributed by atoms with Gasteiger partial charge in [0.05, 0.1) is 0 Å². The van der Waals surface area contributed by atoms with Crippen molar-refractivity contribution in [1.29, 1.82) is 0 Å². The maximum absolute atomic E-state index is 12.7. The Morgan fingerprint density at radius 2 is 1.50 bits per heavy atom. The number of nitrogens with one attached hydrogen (secondary N) is 1. The van der Waals surface area contributed by atoms with Gasteiger partial charge in [0.15, 0.2) is 0 Å². The van der Waals surface area contributed by atoms with Gasteiger partial charge < -0.3 is 15.3 Å². The second-order valence-electron chi connectivity index (χ2n) is 10.4. The van der Waals surface area contributed by atoms with Crippen molar-refractivity contribution in [1.82, 2.24) is 10.2 Å². The number of hydrogen-bond donors (Lipinski definition) is 2. The summed E-state index contributed by atoms with van der Waals surface area (Å²) in [4.78, 5) is 38.0. The van der Waals surface area contributed by atoms with Gasteiger partial charge in [-0.1, -0.05) is 78.4 Å². The minimum atomic E-state index is -1.00. The van der Waals surface area contributed by atoms with Gasteiger partial charge in [-0.2, -0.15) is 0 Å². The lowest BCUT2D eigenvalue weighted by atomic mass is 9.86. The lowest BCUT2D eigenvalue weighted by Gasteiger charge is -2.21. The molecule has 6 nitrogen and oxygen atoms in total. The molecule has 6 heteroatoms. The highest BCUT2D eigenvalue weighted by Crippen LogP contribution is 2.22. The van der Waals surface area contributed by atoms with Crippen LogP contribution in [0, 0.1) is 0 Å². The molecule has 0 saturated heterocycles. The predicted molar refractivity (Wildman–Crippen MR) is 138 cm³/mol. The maximum Gasteiger partial charge on any atom is 0.326 e. The smallest absolute Gasteiger partial charge is 0.326 e. The highest BCUT2D eigenvalue weighted by Gasteiger charge is 2.20. The number of amides is 2. The molecule has 0 radical (unpaired) electrons. The molecule has 0 bridgehead atoms. The van der Waals surface area contributed by atoms with Crippen molar-refractivity contribution < 1.29 is 19.5 Å². The summed E-state index contributed by atoms with van der Waals surface area (Å²) in [6.07, 6.45) is 9.90. The van der Waals surface area contributed by atoms with Crippen molar-refractivity contribution in [2.75, 3.05) is 13.6 Å². The topological polar surface area (TPSA) is 86.7 Å². The number of aliphatic carboxylic acids is 1. The summed E-state index contributed by atoms with van der Waals surface area (Å²) in [5, 5.41) is 12.1. The first-order valence-corrected chi connectivity index (χ1v) is 12.9. The third-order valence-corrected chi connectivity index (χ3v) is 6.22. The van der Waals surface area contributed by atoms with Crippen molar-refractivity contribution in [3.8, 4) is 0 Å². The lowest BCUT2D eigenvalue weighted by molar-refractivity contribution is -0.142. The summed E-state index contributed by atoms with van der Waals surface area (Å²) in [7, 11) is 1.76. The molecule has 0 saturated carbocycles. The van der Waals surface area contributed by atoms with Gasteiger partial charge in [-0.3, -0.25) is 9.59 Å². The summed E-state index contributed by atoms with van der Waals surface area (Å²) in [5.41, 5.74) is 1.87. The monoisotopic (exact) mass is 474 g/mol. The SMILES string of the molecule is CCCCCCCCCC(=O)NC(CCCCN(C)C(=O)c1ccc(C(C)(C)C)cc1)C(=O)O. The van der Waals surface area contributed by atoms with E-state index in [1.165, 1.54) is 31.2 Å². The zero-order valence-electron chi connectivity index (χ0n) is 22.0. The van der Waals surface area contributed by atoms with E-state index in [1.807, 2.05) is 24.3 Å². The molecule has 0 aromatic heterocycles. The summed E-state index contributed by atoms with van der Waals surface area (Å²) in [6, 6.07) is 6.84. The Morgan fingerprint density at radius 1 is 0.912 bits per heavy atom. The predicted octanol–water partition coefficient (Wildman–Crippen LogP) is 5.94. The molecule has 192 valence electrons. The van der Waals surface area contributed by atoms with Crippen LogP contribution in [-0.2, 0) is 15.0 Å². The number of benzene rings is 1. The van der Waals surface area contributed by atoms with Crippen LogP contribution >= 0.6 is 0 Å². The van der Waals surface area contributed by atoms with Gasteiger partial charge in [0.2, 0.25) is 5.91 Å². The average molecular weight is 475 g/mol. The van der Waals surface area contributed by atoms with Crippen LogP contribution < -0.4 is 5.32 Å². The van der Waals surface area contributed by atoms with Gasteiger partial charge in [0.1, 0.15) is 6.04 Å². The molecule has 0 heterocycles. The second-order valence-corrected chi connectivity index (χ2v) is 10.4. The fraction of sp³-hybridized carbons (Fsp3) is 0.679. The zero-order chi connectivity index (χ0) is 25.6. The Balaban J connectivity index is 2.33. The number of carbonyl (C=O) groups is 3.